The van der Waals surface area contributed by atoms with Gasteiger partial charge in [-0.1, -0.05) is 17.7 Å². The van der Waals surface area contributed by atoms with Crippen molar-refractivity contribution in [2.24, 2.45) is 0 Å². The molecule has 0 atom stereocenters. The van der Waals surface area contributed by atoms with E-state index in [1.54, 1.807) is 18.2 Å². The van der Waals surface area contributed by atoms with Crippen LogP contribution in [0.4, 0.5) is 4.39 Å². The van der Waals surface area contributed by atoms with E-state index >= 15 is 0 Å². The first-order valence-electron chi connectivity index (χ1n) is 4.43. The second-order valence-electron chi connectivity index (χ2n) is 3.21. The van der Waals surface area contributed by atoms with Crippen molar-refractivity contribution in [1.29, 1.82) is 5.26 Å². The average Bonchev–Trinajstić information content (AvgIpc) is 2.61. The highest BCUT2D eigenvalue weighted by molar-refractivity contribution is 5.36. The zero-order chi connectivity index (χ0) is 10.8. The van der Waals surface area contributed by atoms with Gasteiger partial charge >= 0.3 is 0 Å². The third-order valence-electron chi connectivity index (χ3n) is 2.11. The molecule has 0 aliphatic rings. The van der Waals surface area contributed by atoms with Crippen LogP contribution >= 0.6 is 0 Å². The van der Waals surface area contributed by atoms with Gasteiger partial charge in [0, 0.05) is 0 Å². The van der Waals surface area contributed by atoms with E-state index in [4.69, 9.17) is 5.26 Å². The molecule has 1 aromatic heterocycles. The lowest BCUT2D eigenvalue weighted by molar-refractivity contribution is 0.534. The lowest BCUT2D eigenvalue weighted by atomic mass is 10.2. The molecule has 1 aromatic carbocycles. The van der Waals surface area contributed by atoms with Crippen LogP contribution in [0.25, 0.3) is 5.69 Å². The summed E-state index contributed by atoms with van der Waals surface area (Å²) in [5.74, 6) is -0.624. The number of aromatic nitrogens is 2. The van der Waals surface area contributed by atoms with Crippen molar-refractivity contribution in [2.45, 2.75) is 6.92 Å². The SMILES string of the molecule is Cc1ccc(-n2ncc(C#N)c2F)cc1. The lowest BCUT2D eigenvalue weighted by Crippen LogP contribution is -1.99. The number of nitriles is 1. The van der Waals surface area contributed by atoms with E-state index in [1.165, 1.54) is 6.20 Å². The summed E-state index contributed by atoms with van der Waals surface area (Å²) >= 11 is 0. The van der Waals surface area contributed by atoms with Gasteiger partial charge in [-0.05, 0) is 19.1 Å². The topological polar surface area (TPSA) is 41.6 Å². The first-order valence-corrected chi connectivity index (χ1v) is 4.43. The van der Waals surface area contributed by atoms with Crippen LogP contribution in [0.5, 0.6) is 0 Å². The predicted octanol–water partition coefficient (Wildman–Crippen LogP) is 2.19. The zero-order valence-corrected chi connectivity index (χ0v) is 8.11. The second-order valence-corrected chi connectivity index (χ2v) is 3.21. The van der Waals surface area contributed by atoms with Crippen LogP contribution in [-0.2, 0) is 0 Å². The standard InChI is InChI=1S/C11H8FN3/c1-8-2-4-10(5-3-8)15-11(12)9(6-13)7-14-15/h2-5,7H,1H3. The quantitative estimate of drug-likeness (QED) is 0.709. The molecule has 0 amide bonds. The van der Waals surface area contributed by atoms with E-state index in [0.29, 0.717) is 5.69 Å². The monoisotopic (exact) mass is 201 g/mol. The van der Waals surface area contributed by atoms with Crippen LogP contribution in [0, 0.1) is 24.2 Å². The van der Waals surface area contributed by atoms with Crippen molar-refractivity contribution in [3.8, 4) is 11.8 Å². The van der Waals surface area contributed by atoms with Gasteiger partial charge in [0.25, 0.3) is 0 Å². The molecule has 0 spiro atoms. The highest BCUT2D eigenvalue weighted by atomic mass is 19.1. The molecular formula is C11H8FN3. The molecule has 0 radical (unpaired) electrons. The van der Waals surface area contributed by atoms with Crippen LogP contribution in [0.3, 0.4) is 0 Å². The Bertz CT molecular complexity index is 520. The van der Waals surface area contributed by atoms with E-state index in [2.05, 4.69) is 5.10 Å². The van der Waals surface area contributed by atoms with Crippen molar-refractivity contribution in [1.82, 2.24) is 9.78 Å². The van der Waals surface area contributed by atoms with Gasteiger partial charge in [0.05, 0.1) is 11.9 Å². The molecule has 1 heterocycles. The minimum absolute atomic E-state index is 0.0458. The first-order chi connectivity index (χ1) is 7.22. The van der Waals surface area contributed by atoms with Gasteiger partial charge in [-0.3, -0.25) is 0 Å². The van der Waals surface area contributed by atoms with Crippen LogP contribution in [0.15, 0.2) is 30.5 Å². The molecule has 0 bridgehead atoms. The van der Waals surface area contributed by atoms with Crippen LogP contribution in [0.2, 0.25) is 0 Å². The molecule has 4 heteroatoms. The molecule has 0 saturated heterocycles. The molecule has 0 aliphatic carbocycles. The lowest BCUT2D eigenvalue weighted by Gasteiger charge is -2.01. The Balaban J connectivity index is 2.51. The summed E-state index contributed by atoms with van der Waals surface area (Å²) in [5.41, 5.74) is 1.65. The maximum absolute atomic E-state index is 13.5. The van der Waals surface area contributed by atoms with Crippen LogP contribution < -0.4 is 0 Å². The van der Waals surface area contributed by atoms with Gasteiger partial charge in [0.2, 0.25) is 5.95 Å². The van der Waals surface area contributed by atoms with Crippen molar-refractivity contribution >= 4 is 0 Å². The number of halogens is 1. The molecule has 0 unspecified atom stereocenters. The fourth-order valence-electron chi connectivity index (χ4n) is 1.27. The highest BCUT2D eigenvalue weighted by Gasteiger charge is 2.10. The van der Waals surface area contributed by atoms with Crippen molar-refractivity contribution in [3.05, 3.63) is 47.5 Å². The number of hydrogen-bond donors (Lipinski definition) is 0. The van der Waals surface area contributed by atoms with Gasteiger partial charge in [0.15, 0.2) is 0 Å². The highest BCUT2D eigenvalue weighted by Crippen LogP contribution is 2.13. The van der Waals surface area contributed by atoms with Gasteiger partial charge < -0.3 is 0 Å². The summed E-state index contributed by atoms with van der Waals surface area (Å²) in [5, 5.41) is 12.4. The van der Waals surface area contributed by atoms with Crippen molar-refractivity contribution < 1.29 is 4.39 Å². The van der Waals surface area contributed by atoms with Crippen LogP contribution in [-0.4, -0.2) is 9.78 Å². The zero-order valence-electron chi connectivity index (χ0n) is 8.11. The number of benzene rings is 1. The molecular weight excluding hydrogens is 193 g/mol. The van der Waals surface area contributed by atoms with Gasteiger partial charge in [-0.15, -0.1) is 0 Å². The summed E-state index contributed by atoms with van der Waals surface area (Å²) < 4.78 is 14.6. The average molecular weight is 201 g/mol. The normalized spacial score (nSPS) is 9.93. The van der Waals surface area contributed by atoms with Gasteiger partial charge in [0.1, 0.15) is 11.6 Å². The molecule has 74 valence electrons. The summed E-state index contributed by atoms with van der Waals surface area (Å²) in [6.45, 7) is 1.95. The number of aryl methyl sites for hydroxylation is 1. The molecule has 0 aliphatic heterocycles. The van der Waals surface area contributed by atoms with Gasteiger partial charge in [-0.2, -0.15) is 14.8 Å². The molecule has 15 heavy (non-hydrogen) atoms. The fraction of sp³-hybridized carbons (Fsp3) is 0.0909. The number of hydrogen-bond acceptors (Lipinski definition) is 2. The fourth-order valence-corrected chi connectivity index (χ4v) is 1.27. The smallest absolute Gasteiger partial charge is 0.206 e. The third kappa shape index (κ3) is 1.59. The van der Waals surface area contributed by atoms with Gasteiger partial charge in [-0.25, -0.2) is 4.68 Å². The largest absolute Gasteiger partial charge is 0.234 e. The number of nitrogens with zero attached hydrogens (tertiary/aromatic N) is 3. The molecule has 0 N–H and O–H groups in total. The maximum atomic E-state index is 13.5. The van der Waals surface area contributed by atoms with E-state index < -0.39 is 5.95 Å². The Kier molecular flexibility index (Phi) is 2.22. The summed E-state index contributed by atoms with van der Waals surface area (Å²) in [7, 11) is 0. The Morgan fingerprint density at radius 2 is 2.00 bits per heavy atom. The Morgan fingerprint density at radius 1 is 1.33 bits per heavy atom. The van der Waals surface area contributed by atoms with E-state index in [9.17, 15) is 4.39 Å². The molecule has 2 aromatic rings. The Morgan fingerprint density at radius 3 is 2.53 bits per heavy atom. The summed E-state index contributed by atoms with van der Waals surface area (Å²) in [6.07, 6.45) is 1.22. The van der Waals surface area contributed by atoms with Crippen molar-refractivity contribution in [2.75, 3.05) is 0 Å². The molecule has 3 nitrogen and oxygen atoms in total. The summed E-state index contributed by atoms with van der Waals surface area (Å²) in [6, 6.07) is 8.98. The van der Waals surface area contributed by atoms with E-state index in [-0.39, 0.29) is 5.56 Å². The van der Waals surface area contributed by atoms with Crippen LogP contribution in [0.1, 0.15) is 11.1 Å². The first kappa shape index (κ1) is 9.41. The Labute approximate surface area is 86.4 Å². The number of rotatable bonds is 1. The molecule has 0 fully saturated rings. The maximum Gasteiger partial charge on any atom is 0.234 e. The second kappa shape index (κ2) is 3.54. The third-order valence-corrected chi connectivity index (χ3v) is 2.11. The Hall–Kier alpha value is -2.15. The minimum atomic E-state index is -0.624. The van der Waals surface area contributed by atoms with E-state index in [1.807, 2.05) is 19.1 Å². The molecule has 0 saturated carbocycles. The molecule has 2 rings (SSSR count). The van der Waals surface area contributed by atoms with E-state index in [0.717, 1.165) is 10.2 Å². The summed E-state index contributed by atoms with van der Waals surface area (Å²) in [4.78, 5) is 0. The minimum Gasteiger partial charge on any atom is -0.206 e. The predicted molar refractivity (Wildman–Crippen MR) is 53.0 cm³/mol. The van der Waals surface area contributed by atoms with Crippen molar-refractivity contribution in [3.63, 3.8) is 0 Å².